The van der Waals surface area contributed by atoms with Crippen LogP contribution in [0.25, 0.3) is 11.3 Å². The van der Waals surface area contributed by atoms with Crippen molar-refractivity contribution in [1.82, 2.24) is 9.97 Å². The number of aryl methyl sites for hydroxylation is 1. The molecule has 88 valence electrons. The minimum absolute atomic E-state index is 0.571. The summed E-state index contributed by atoms with van der Waals surface area (Å²) in [6.07, 6.45) is 4.09. The van der Waals surface area contributed by atoms with E-state index < -0.39 is 0 Å². The Morgan fingerprint density at radius 1 is 1.12 bits per heavy atom. The van der Waals surface area contributed by atoms with Gasteiger partial charge in [-0.2, -0.15) is 12.6 Å². The molecule has 1 aromatic carbocycles. The molecule has 2 aromatic rings. The number of benzene rings is 1. The van der Waals surface area contributed by atoms with E-state index in [1.54, 1.807) is 6.20 Å². The van der Waals surface area contributed by atoms with Crippen LogP contribution in [0.2, 0.25) is 0 Å². The lowest BCUT2D eigenvalue weighted by molar-refractivity contribution is 0.922. The lowest BCUT2D eigenvalue weighted by Gasteiger charge is -2.04. The standard InChI is InChI=1S/C14H16N2S/c1-2-3-11-4-6-12(7-5-11)13-8-9-15-14(10-17)16-13/h4-9,17H,2-3,10H2,1H3. The van der Waals surface area contributed by atoms with E-state index in [1.165, 1.54) is 12.0 Å². The molecule has 17 heavy (non-hydrogen) atoms. The average Bonchev–Trinajstić information content (AvgIpc) is 2.40. The summed E-state index contributed by atoms with van der Waals surface area (Å²) >= 11 is 4.19. The molecule has 1 aromatic heterocycles. The number of nitrogens with zero attached hydrogens (tertiary/aromatic N) is 2. The summed E-state index contributed by atoms with van der Waals surface area (Å²) in [6, 6.07) is 10.5. The largest absolute Gasteiger partial charge is 0.240 e. The van der Waals surface area contributed by atoms with Crippen LogP contribution < -0.4 is 0 Å². The van der Waals surface area contributed by atoms with E-state index in [1.807, 2.05) is 6.07 Å². The van der Waals surface area contributed by atoms with E-state index in [2.05, 4.69) is 53.8 Å². The second-order valence-electron chi connectivity index (χ2n) is 3.96. The Balaban J connectivity index is 2.26. The topological polar surface area (TPSA) is 25.8 Å². The second kappa shape index (κ2) is 5.82. The van der Waals surface area contributed by atoms with Crippen LogP contribution in [0.3, 0.4) is 0 Å². The highest BCUT2D eigenvalue weighted by Crippen LogP contribution is 2.18. The summed E-state index contributed by atoms with van der Waals surface area (Å²) in [5.41, 5.74) is 3.47. The lowest BCUT2D eigenvalue weighted by Crippen LogP contribution is -1.93. The van der Waals surface area contributed by atoms with Crippen LogP contribution >= 0.6 is 12.6 Å². The van der Waals surface area contributed by atoms with Crippen molar-refractivity contribution in [3.63, 3.8) is 0 Å². The minimum atomic E-state index is 0.571. The van der Waals surface area contributed by atoms with E-state index in [9.17, 15) is 0 Å². The Hall–Kier alpha value is -1.35. The first kappa shape index (κ1) is 12.1. The molecule has 0 aliphatic carbocycles. The third-order valence-corrected chi connectivity index (χ3v) is 2.92. The van der Waals surface area contributed by atoms with Crippen LogP contribution in [0.5, 0.6) is 0 Å². The third kappa shape index (κ3) is 3.07. The molecule has 0 bridgehead atoms. The number of hydrogen-bond acceptors (Lipinski definition) is 3. The quantitative estimate of drug-likeness (QED) is 0.833. The molecule has 0 spiro atoms. The maximum absolute atomic E-state index is 4.45. The molecule has 0 saturated carbocycles. The van der Waals surface area contributed by atoms with Crippen LogP contribution in [-0.4, -0.2) is 9.97 Å². The predicted molar refractivity (Wildman–Crippen MR) is 74.2 cm³/mol. The van der Waals surface area contributed by atoms with E-state index in [4.69, 9.17) is 0 Å². The monoisotopic (exact) mass is 244 g/mol. The summed E-state index contributed by atoms with van der Waals surface area (Å²) in [6.45, 7) is 2.19. The normalized spacial score (nSPS) is 10.5. The average molecular weight is 244 g/mol. The molecule has 0 fully saturated rings. The van der Waals surface area contributed by atoms with Crippen molar-refractivity contribution in [2.24, 2.45) is 0 Å². The number of rotatable bonds is 4. The number of thiol groups is 1. The molecule has 2 rings (SSSR count). The van der Waals surface area contributed by atoms with Gasteiger partial charge in [0, 0.05) is 11.8 Å². The zero-order chi connectivity index (χ0) is 12.1. The molecule has 0 aliphatic rings. The Bertz CT molecular complexity index is 480. The summed E-state index contributed by atoms with van der Waals surface area (Å²) in [4.78, 5) is 8.59. The fraction of sp³-hybridized carbons (Fsp3) is 0.286. The van der Waals surface area contributed by atoms with Crippen molar-refractivity contribution in [3.8, 4) is 11.3 Å². The lowest BCUT2D eigenvalue weighted by atomic mass is 10.1. The van der Waals surface area contributed by atoms with Gasteiger partial charge in [-0.1, -0.05) is 37.6 Å². The van der Waals surface area contributed by atoms with Crippen molar-refractivity contribution in [3.05, 3.63) is 47.9 Å². The molecule has 0 saturated heterocycles. The first-order valence-electron chi connectivity index (χ1n) is 5.85. The summed E-state index contributed by atoms with van der Waals surface area (Å²) in [5, 5.41) is 0. The van der Waals surface area contributed by atoms with Gasteiger partial charge in [0.2, 0.25) is 0 Å². The van der Waals surface area contributed by atoms with E-state index in [0.717, 1.165) is 23.5 Å². The molecule has 3 heteroatoms. The van der Waals surface area contributed by atoms with Gasteiger partial charge in [0.05, 0.1) is 11.4 Å². The zero-order valence-corrected chi connectivity index (χ0v) is 10.8. The fourth-order valence-corrected chi connectivity index (χ4v) is 1.92. The molecule has 0 radical (unpaired) electrons. The molecule has 0 atom stereocenters. The Morgan fingerprint density at radius 2 is 1.88 bits per heavy atom. The SMILES string of the molecule is CCCc1ccc(-c2ccnc(CS)n2)cc1. The highest BCUT2D eigenvalue weighted by Gasteiger charge is 2.01. The summed E-state index contributed by atoms with van der Waals surface area (Å²) in [5.74, 6) is 1.34. The highest BCUT2D eigenvalue weighted by atomic mass is 32.1. The van der Waals surface area contributed by atoms with Crippen LogP contribution in [0.4, 0.5) is 0 Å². The minimum Gasteiger partial charge on any atom is -0.240 e. The van der Waals surface area contributed by atoms with Crippen LogP contribution in [0.1, 0.15) is 24.7 Å². The number of aromatic nitrogens is 2. The third-order valence-electron chi connectivity index (χ3n) is 2.64. The van der Waals surface area contributed by atoms with Gasteiger partial charge >= 0.3 is 0 Å². The predicted octanol–water partition coefficient (Wildman–Crippen LogP) is 3.53. The molecule has 0 unspecified atom stereocenters. The number of hydrogen-bond donors (Lipinski definition) is 1. The van der Waals surface area contributed by atoms with Crippen molar-refractivity contribution in [1.29, 1.82) is 0 Å². The van der Waals surface area contributed by atoms with Gasteiger partial charge < -0.3 is 0 Å². The van der Waals surface area contributed by atoms with E-state index in [0.29, 0.717) is 5.75 Å². The van der Waals surface area contributed by atoms with Crippen molar-refractivity contribution < 1.29 is 0 Å². The van der Waals surface area contributed by atoms with E-state index in [-0.39, 0.29) is 0 Å². The fourth-order valence-electron chi connectivity index (χ4n) is 1.77. The Kier molecular flexibility index (Phi) is 4.15. The smallest absolute Gasteiger partial charge is 0.138 e. The van der Waals surface area contributed by atoms with Crippen LogP contribution in [-0.2, 0) is 12.2 Å². The molecular formula is C14H16N2S. The van der Waals surface area contributed by atoms with Gasteiger partial charge in [0.25, 0.3) is 0 Å². The Morgan fingerprint density at radius 3 is 2.53 bits per heavy atom. The van der Waals surface area contributed by atoms with Gasteiger partial charge in [-0.3, -0.25) is 0 Å². The molecule has 2 nitrogen and oxygen atoms in total. The van der Waals surface area contributed by atoms with Crippen LogP contribution in [0.15, 0.2) is 36.5 Å². The zero-order valence-electron chi connectivity index (χ0n) is 9.93. The van der Waals surface area contributed by atoms with Crippen molar-refractivity contribution in [2.75, 3.05) is 0 Å². The van der Waals surface area contributed by atoms with Gasteiger partial charge in [0.1, 0.15) is 5.82 Å². The maximum Gasteiger partial charge on any atom is 0.138 e. The Labute approximate surface area is 108 Å². The molecule has 1 heterocycles. The van der Waals surface area contributed by atoms with E-state index >= 15 is 0 Å². The summed E-state index contributed by atoms with van der Waals surface area (Å²) < 4.78 is 0. The van der Waals surface area contributed by atoms with Crippen molar-refractivity contribution in [2.45, 2.75) is 25.5 Å². The maximum atomic E-state index is 4.45. The first-order valence-corrected chi connectivity index (χ1v) is 6.49. The molecule has 0 N–H and O–H groups in total. The van der Waals surface area contributed by atoms with Crippen molar-refractivity contribution >= 4 is 12.6 Å². The second-order valence-corrected chi connectivity index (χ2v) is 4.28. The highest BCUT2D eigenvalue weighted by molar-refractivity contribution is 7.79. The van der Waals surface area contributed by atoms with Gasteiger partial charge in [-0.25, -0.2) is 9.97 Å². The van der Waals surface area contributed by atoms with Gasteiger partial charge in [0.15, 0.2) is 0 Å². The molecule has 0 aliphatic heterocycles. The summed E-state index contributed by atoms with van der Waals surface area (Å²) in [7, 11) is 0. The first-order chi connectivity index (χ1) is 8.33. The van der Waals surface area contributed by atoms with Crippen LogP contribution in [0, 0.1) is 0 Å². The van der Waals surface area contributed by atoms with Gasteiger partial charge in [-0.05, 0) is 18.1 Å². The molecule has 0 amide bonds. The van der Waals surface area contributed by atoms with Gasteiger partial charge in [-0.15, -0.1) is 0 Å². The molecular weight excluding hydrogens is 228 g/mol.